The Balaban J connectivity index is 2.12. The van der Waals surface area contributed by atoms with Crippen LogP contribution in [0.2, 0.25) is 0 Å². The van der Waals surface area contributed by atoms with Crippen molar-refractivity contribution in [2.45, 2.75) is 44.6 Å². The molecule has 0 saturated heterocycles. The van der Waals surface area contributed by atoms with E-state index >= 15 is 0 Å². The lowest BCUT2D eigenvalue weighted by molar-refractivity contribution is 0.101. The lowest BCUT2D eigenvalue weighted by Gasteiger charge is -2.36. The molecule has 1 aromatic carbocycles. The van der Waals surface area contributed by atoms with Gasteiger partial charge >= 0.3 is 0 Å². The fourth-order valence-electron chi connectivity index (χ4n) is 2.56. The molecule has 0 N–H and O–H groups in total. The molecule has 0 atom stereocenters. The molecule has 1 aromatic rings. The number of hydrogen-bond acceptors (Lipinski definition) is 4. The average Bonchev–Trinajstić information content (AvgIpc) is 2.45. The molecule has 0 radical (unpaired) electrons. The van der Waals surface area contributed by atoms with E-state index in [1.165, 1.54) is 0 Å². The van der Waals surface area contributed by atoms with E-state index in [-0.39, 0.29) is 11.3 Å². The fraction of sp³-hybridized carbons (Fsp3) is 0.471. The molecule has 5 heteroatoms. The van der Waals surface area contributed by atoms with Gasteiger partial charge in [0.2, 0.25) is 0 Å². The lowest BCUT2D eigenvalue weighted by atomic mass is 10.1. The van der Waals surface area contributed by atoms with Crippen molar-refractivity contribution < 1.29 is 4.79 Å². The number of fused-ring (bicyclic) bond motifs is 3. The van der Waals surface area contributed by atoms with E-state index in [9.17, 15) is 4.79 Å². The van der Waals surface area contributed by atoms with E-state index in [0.29, 0.717) is 0 Å². The molecule has 0 aliphatic carbocycles. The average molecular weight is 315 g/mol. The molecule has 0 unspecified atom stereocenters. The van der Waals surface area contributed by atoms with Crippen LogP contribution in [-0.2, 0) is 0 Å². The quantitative estimate of drug-likeness (QED) is 0.744. The summed E-state index contributed by atoms with van der Waals surface area (Å²) in [6.45, 7) is 9.71. The highest BCUT2D eigenvalue weighted by atomic mass is 32.2. The number of amidine groups is 2. The van der Waals surface area contributed by atoms with Crippen LogP contribution in [0.1, 0.15) is 50.0 Å². The van der Waals surface area contributed by atoms with Crippen LogP contribution in [0.4, 0.5) is 0 Å². The van der Waals surface area contributed by atoms with Gasteiger partial charge in [0, 0.05) is 29.1 Å². The maximum Gasteiger partial charge on any atom is 0.170 e. The van der Waals surface area contributed by atoms with Crippen molar-refractivity contribution in [3.05, 3.63) is 29.3 Å². The summed E-state index contributed by atoms with van der Waals surface area (Å²) >= 11 is 1.64. The number of carbonyl (C=O) groups is 1. The van der Waals surface area contributed by atoms with Gasteiger partial charge in [-0.15, -0.1) is 0 Å². The Morgan fingerprint density at radius 1 is 1.36 bits per heavy atom. The first-order valence-electron chi connectivity index (χ1n) is 7.60. The zero-order valence-corrected chi connectivity index (χ0v) is 14.3. The summed E-state index contributed by atoms with van der Waals surface area (Å²) in [5.74, 6) is 1.09. The minimum Gasteiger partial charge on any atom is -0.305 e. The zero-order valence-electron chi connectivity index (χ0n) is 13.5. The first-order valence-corrected chi connectivity index (χ1v) is 8.42. The Morgan fingerprint density at radius 3 is 2.82 bits per heavy atom. The summed E-state index contributed by atoms with van der Waals surface area (Å²) in [6.07, 6.45) is 1.05. The van der Waals surface area contributed by atoms with Crippen LogP contribution in [0.3, 0.4) is 0 Å². The second-order valence-electron chi connectivity index (χ2n) is 6.64. The third-order valence-corrected chi connectivity index (χ3v) is 4.60. The Kier molecular flexibility index (Phi) is 3.85. The Hall–Kier alpha value is -1.62. The molecule has 0 fully saturated rings. The van der Waals surface area contributed by atoms with Crippen molar-refractivity contribution in [1.82, 2.24) is 4.90 Å². The van der Waals surface area contributed by atoms with Gasteiger partial charge in [-0.05, 0) is 46.2 Å². The largest absolute Gasteiger partial charge is 0.305 e. The normalized spacial score (nSPS) is 19.5. The Bertz CT molecular complexity index is 686. The summed E-state index contributed by atoms with van der Waals surface area (Å²) in [6, 6.07) is 5.88. The molecule has 3 rings (SSSR count). The molecule has 2 aliphatic rings. The minimum absolute atomic E-state index is 0.0886. The summed E-state index contributed by atoms with van der Waals surface area (Å²) in [4.78, 5) is 24.5. The van der Waals surface area contributed by atoms with E-state index in [2.05, 4.69) is 25.7 Å². The minimum atomic E-state index is -0.138. The number of ketones is 1. The van der Waals surface area contributed by atoms with Crippen LogP contribution >= 0.6 is 11.8 Å². The van der Waals surface area contributed by atoms with Crippen LogP contribution in [0.5, 0.6) is 0 Å². The number of thioether (sulfide) groups is 1. The first-order chi connectivity index (χ1) is 10.3. The smallest absolute Gasteiger partial charge is 0.170 e. The van der Waals surface area contributed by atoms with Gasteiger partial charge in [0.1, 0.15) is 5.84 Å². The summed E-state index contributed by atoms with van der Waals surface area (Å²) in [7, 11) is 0. The standard InChI is InChI=1S/C17H21N3OS/c1-11(21)12-6-7-13-14(10-12)22-16(19-17(2,3)4)20-9-5-8-18-15(13)20/h6-7,10H,5,8-9H2,1-4H3. The van der Waals surface area contributed by atoms with Gasteiger partial charge < -0.3 is 4.90 Å². The van der Waals surface area contributed by atoms with Crippen molar-refractivity contribution in [3.63, 3.8) is 0 Å². The number of hydrogen-bond donors (Lipinski definition) is 0. The number of Topliss-reactive ketones (excluding diaryl/α,β-unsaturated/α-hetero) is 1. The third-order valence-electron chi connectivity index (χ3n) is 3.55. The predicted molar refractivity (Wildman–Crippen MR) is 92.2 cm³/mol. The highest BCUT2D eigenvalue weighted by molar-refractivity contribution is 8.14. The lowest BCUT2D eigenvalue weighted by Crippen LogP contribution is -2.43. The molecule has 0 aromatic heterocycles. The van der Waals surface area contributed by atoms with Crippen LogP contribution in [0.25, 0.3) is 0 Å². The maximum atomic E-state index is 11.6. The maximum absolute atomic E-state index is 11.6. The molecule has 116 valence electrons. The molecular weight excluding hydrogens is 294 g/mol. The van der Waals surface area contributed by atoms with Crippen LogP contribution in [0, 0.1) is 0 Å². The molecule has 4 nitrogen and oxygen atoms in total. The van der Waals surface area contributed by atoms with Gasteiger partial charge in [0.05, 0.1) is 5.54 Å². The third kappa shape index (κ3) is 2.95. The van der Waals surface area contributed by atoms with E-state index in [4.69, 9.17) is 9.98 Å². The second kappa shape index (κ2) is 5.54. The Morgan fingerprint density at radius 2 is 2.14 bits per heavy atom. The van der Waals surface area contributed by atoms with Gasteiger partial charge in [0.15, 0.2) is 11.0 Å². The highest BCUT2D eigenvalue weighted by Crippen LogP contribution is 2.35. The molecule has 0 spiro atoms. The molecule has 0 bridgehead atoms. The first kappa shape index (κ1) is 15.3. The SMILES string of the molecule is CC(=O)c1ccc2c(c1)SC(=NC(C)(C)C)N1CCCN=C21. The number of carbonyl (C=O) groups excluding carboxylic acids is 1. The van der Waals surface area contributed by atoms with Gasteiger partial charge in [-0.25, -0.2) is 0 Å². The van der Waals surface area contributed by atoms with Crippen molar-refractivity contribution >= 4 is 28.5 Å². The van der Waals surface area contributed by atoms with Crippen molar-refractivity contribution in [2.75, 3.05) is 13.1 Å². The molecule has 22 heavy (non-hydrogen) atoms. The molecule has 0 amide bonds. The molecule has 2 heterocycles. The number of benzene rings is 1. The topological polar surface area (TPSA) is 45.0 Å². The zero-order chi connectivity index (χ0) is 15.9. The molecule has 2 aliphatic heterocycles. The van der Waals surface area contributed by atoms with Gasteiger partial charge in [0.25, 0.3) is 0 Å². The number of nitrogens with zero attached hydrogens (tertiary/aromatic N) is 3. The van der Waals surface area contributed by atoms with Crippen molar-refractivity contribution in [1.29, 1.82) is 0 Å². The number of aliphatic imine (C=N–C) groups is 2. The van der Waals surface area contributed by atoms with Crippen LogP contribution in [-0.4, -0.2) is 40.3 Å². The molecule has 0 saturated carbocycles. The van der Waals surface area contributed by atoms with Gasteiger partial charge in [-0.3, -0.25) is 14.8 Å². The van der Waals surface area contributed by atoms with E-state index in [1.54, 1.807) is 18.7 Å². The van der Waals surface area contributed by atoms with Gasteiger partial charge in [-0.2, -0.15) is 0 Å². The van der Waals surface area contributed by atoms with E-state index < -0.39 is 0 Å². The second-order valence-corrected chi connectivity index (χ2v) is 7.65. The van der Waals surface area contributed by atoms with E-state index in [1.807, 2.05) is 18.2 Å². The Labute approximate surface area is 135 Å². The molecular formula is C17H21N3OS. The van der Waals surface area contributed by atoms with Crippen LogP contribution in [0.15, 0.2) is 33.1 Å². The fourth-order valence-corrected chi connectivity index (χ4v) is 3.82. The summed E-state index contributed by atoms with van der Waals surface area (Å²) in [5, 5.41) is 0.985. The monoisotopic (exact) mass is 315 g/mol. The predicted octanol–water partition coefficient (Wildman–Crippen LogP) is 3.60. The van der Waals surface area contributed by atoms with Crippen LogP contribution < -0.4 is 0 Å². The summed E-state index contributed by atoms with van der Waals surface area (Å²) in [5.41, 5.74) is 1.72. The van der Waals surface area contributed by atoms with E-state index in [0.717, 1.165) is 46.5 Å². The summed E-state index contributed by atoms with van der Waals surface area (Å²) < 4.78 is 0. The highest BCUT2D eigenvalue weighted by Gasteiger charge is 2.31. The number of rotatable bonds is 1. The van der Waals surface area contributed by atoms with Crippen molar-refractivity contribution in [2.24, 2.45) is 9.98 Å². The van der Waals surface area contributed by atoms with Gasteiger partial charge in [-0.1, -0.05) is 17.8 Å². The van der Waals surface area contributed by atoms with Crippen molar-refractivity contribution in [3.8, 4) is 0 Å².